The first-order valence-electron chi connectivity index (χ1n) is 5.13. The molecule has 1 aliphatic carbocycles. The molecule has 2 nitrogen and oxygen atoms in total. The molecule has 0 bridgehead atoms. The summed E-state index contributed by atoms with van der Waals surface area (Å²) in [6.07, 6.45) is 3.65. The lowest BCUT2D eigenvalue weighted by atomic mass is 10.1. The fraction of sp³-hybridized carbons (Fsp3) is 0.250. The van der Waals surface area contributed by atoms with Crippen LogP contribution < -0.4 is 4.87 Å². The second-order valence-electron chi connectivity index (χ2n) is 3.90. The van der Waals surface area contributed by atoms with E-state index in [-0.39, 0.29) is 4.87 Å². The van der Waals surface area contributed by atoms with Crippen molar-refractivity contribution >= 4 is 11.3 Å². The number of benzene rings is 1. The molecule has 0 spiro atoms. The second kappa shape index (κ2) is 3.35. The van der Waals surface area contributed by atoms with Crippen molar-refractivity contribution in [2.24, 2.45) is 0 Å². The predicted octanol–water partition coefficient (Wildman–Crippen LogP) is 2.59. The van der Waals surface area contributed by atoms with Crippen LogP contribution in [0.15, 0.2) is 28.4 Å². The van der Waals surface area contributed by atoms with Crippen LogP contribution in [-0.4, -0.2) is 4.98 Å². The van der Waals surface area contributed by atoms with Crippen LogP contribution in [0.4, 0.5) is 0 Å². The molecule has 0 aliphatic heterocycles. The maximum atomic E-state index is 11.1. The number of aromatic nitrogens is 1. The van der Waals surface area contributed by atoms with Gasteiger partial charge in [-0.1, -0.05) is 23.5 Å². The van der Waals surface area contributed by atoms with Crippen LogP contribution in [0.5, 0.6) is 0 Å². The highest BCUT2D eigenvalue weighted by Gasteiger charge is 2.11. The van der Waals surface area contributed by atoms with E-state index in [1.165, 1.54) is 41.7 Å². The van der Waals surface area contributed by atoms with Crippen LogP contribution in [0, 0.1) is 0 Å². The molecule has 3 heteroatoms. The molecule has 1 aromatic heterocycles. The minimum atomic E-state index is 0.0190. The Balaban J connectivity index is 2.10. The molecule has 0 saturated heterocycles. The van der Waals surface area contributed by atoms with Crippen molar-refractivity contribution in [1.29, 1.82) is 0 Å². The lowest BCUT2D eigenvalue weighted by Gasteiger charge is -2.02. The summed E-state index contributed by atoms with van der Waals surface area (Å²) in [5.41, 5.74) is 4.99. The van der Waals surface area contributed by atoms with Crippen LogP contribution in [0.1, 0.15) is 17.5 Å². The lowest BCUT2D eigenvalue weighted by Crippen LogP contribution is -1.93. The van der Waals surface area contributed by atoms with E-state index in [4.69, 9.17) is 0 Å². The highest BCUT2D eigenvalue weighted by molar-refractivity contribution is 7.07. The summed E-state index contributed by atoms with van der Waals surface area (Å²) in [7, 11) is 0. The number of hydrogen-bond donors (Lipinski definition) is 1. The van der Waals surface area contributed by atoms with Crippen LogP contribution in [-0.2, 0) is 12.8 Å². The topological polar surface area (TPSA) is 32.9 Å². The third-order valence-electron chi connectivity index (χ3n) is 2.93. The fourth-order valence-electron chi connectivity index (χ4n) is 2.16. The number of aryl methyl sites for hydroxylation is 2. The summed E-state index contributed by atoms with van der Waals surface area (Å²) in [6.45, 7) is 0. The van der Waals surface area contributed by atoms with Gasteiger partial charge in [0.25, 0.3) is 0 Å². The number of fused-ring (bicyclic) bond motifs is 1. The van der Waals surface area contributed by atoms with E-state index < -0.39 is 0 Å². The maximum absolute atomic E-state index is 11.1. The van der Waals surface area contributed by atoms with Gasteiger partial charge in [-0.2, -0.15) is 0 Å². The van der Waals surface area contributed by atoms with Gasteiger partial charge in [-0.3, -0.25) is 4.79 Å². The van der Waals surface area contributed by atoms with Gasteiger partial charge in [-0.15, -0.1) is 0 Å². The minimum Gasteiger partial charge on any atom is -0.312 e. The van der Waals surface area contributed by atoms with Crippen LogP contribution in [0.3, 0.4) is 0 Å². The largest absolute Gasteiger partial charge is 0.312 e. The van der Waals surface area contributed by atoms with Crippen molar-refractivity contribution in [2.75, 3.05) is 0 Å². The van der Waals surface area contributed by atoms with Crippen LogP contribution >= 0.6 is 11.3 Å². The van der Waals surface area contributed by atoms with Gasteiger partial charge >= 0.3 is 4.87 Å². The highest BCUT2D eigenvalue weighted by atomic mass is 32.1. The van der Waals surface area contributed by atoms with Crippen molar-refractivity contribution < 1.29 is 0 Å². The molecule has 1 aliphatic rings. The van der Waals surface area contributed by atoms with E-state index in [9.17, 15) is 4.79 Å². The molecule has 0 unspecified atom stereocenters. The summed E-state index contributed by atoms with van der Waals surface area (Å²) >= 11 is 1.22. The Labute approximate surface area is 91.6 Å². The Morgan fingerprint density at radius 2 is 2.07 bits per heavy atom. The monoisotopic (exact) mass is 217 g/mol. The summed E-state index contributed by atoms with van der Waals surface area (Å²) in [6, 6.07) is 6.50. The molecule has 0 fully saturated rings. The van der Waals surface area contributed by atoms with E-state index in [1.807, 2.05) is 5.38 Å². The Morgan fingerprint density at radius 1 is 1.20 bits per heavy atom. The molecule has 2 aromatic rings. The molecule has 15 heavy (non-hydrogen) atoms. The van der Waals surface area contributed by atoms with Gasteiger partial charge in [0.1, 0.15) is 0 Å². The quantitative estimate of drug-likeness (QED) is 0.782. The van der Waals surface area contributed by atoms with Crippen molar-refractivity contribution in [1.82, 2.24) is 4.98 Å². The molecule has 0 radical (unpaired) electrons. The molecule has 0 amide bonds. The highest BCUT2D eigenvalue weighted by Crippen LogP contribution is 2.27. The van der Waals surface area contributed by atoms with Crippen LogP contribution in [0.2, 0.25) is 0 Å². The normalized spacial score (nSPS) is 14.1. The molecule has 3 rings (SSSR count). The Bertz CT molecular complexity index is 553. The van der Waals surface area contributed by atoms with Crippen molar-refractivity contribution in [3.8, 4) is 11.3 Å². The zero-order valence-corrected chi connectivity index (χ0v) is 9.06. The second-order valence-corrected chi connectivity index (χ2v) is 4.74. The summed E-state index contributed by atoms with van der Waals surface area (Å²) in [5.74, 6) is 0. The smallest absolute Gasteiger partial charge is 0.304 e. The maximum Gasteiger partial charge on any atom is 0.304 e. The molecular formula is C12H11NOS. The van der Waals surface area contributed by atoms with Gasteiger partial charge in [-0.05, 0) is 42.0 Å². The molecule has 1 N–H and O–H groups in total. The molecule has 1 heterocycles. The predicted molar refractivity (Wildman–Crippen MR) is 62.4 cm³/mol. The Kier molecular flexibility index (Phi) is 1.99. The Hall–Kier alpha value is -1.35. The molecule has 0 saturated carbocycles. The average molecular weight is 217 g/mol. The van der Waals surface area contributed by atoms with E-state index in [0.29, 0.717) is 0 Å². The van der Waals surface area contributed by atoms with Crippen molar-refractivity contribution in [3.63, 3.8) is 0 Å². The number of thiazole rings is 1. The third kappa shape index (κ3) is 1.53. The first-order valence-corrected chi connectivity index (χ1v) is 6.01. The number of aromatic amines is 1. The van der Waals surface area contributed by atoms with Crippen molar-refractivity contribution in [3.05, 3.63) is 44.4 Å². The zero-order chi connectivity index (χ0) is 10.3. The van der Waals surface area contributed by atoms with Gasteiger partial charge in [0.05, 0.1) is 5.69 Å². The lowest BCUT2D eigenvalue weighted by molar-refractivity contribution is 0.912. The van der Waals surface area contributed by atoms with Crippen LogP contribution in [0.25, 0.3) is 11.3 Å². The molecular weight excluding hydrogens is 206 g/mol. The van der Waals surface area contributed by atoms with E-state index in [2.05, 4.69) is 23.2 Å². The van der Waals surface area contributed by atoms with E-state index >= 15 is 0 Å². The number of hydrogen-bond acceptors (Lipinski definition) is 2. The average Bonchev–Trinajstić information content (AvgIpc) is 2.84. The standard InChI is InChI=1S/C12H11NOS/c14-12-13-11(7-15-12)10-5-4-8-2-1-3-9(8)6-10/h4-7H,1-3H2,(H,13,14). The zero-order valence-electron chi connectivity index (χ0n) is 8.25. The Morgan fingerprint density at radius 3 is 2.87 bits per heavy atom. The fourth-order valence-corrected chi connectivity index (χ4v) is 2.75. The van der Waals surface area contributed by atoms with Crippen molar-refractivity contribution in [2.45, 2.75) is 19.3 Å². The number of rotatable bonds is 1. The number of nitrogens with one attached hydrogen (secondary N) is 1. The summed E-state index contributed by atoms with van der Waals surface area (Å²) < 4.78 is 0. The summed E-state index contributed by atoms with van der Waals surface area (Å²) in [5, 5.41) is 1.89. The van der Waals surface area contributed by atoms with Gasteiger partial charge < -0.3 is 4.98 Å². The number of H-pyrrole nitrogens is 1. The summed E-state index contributed by atoms with van der Waals surface area (Å²) in [4.78, 5) is 13.9. The molecule has 0 atom stereocenters. The van der Waals surface area contributed by atoms with Gasteiger partial charge in [0.15, 0.2) is 0 Å². The first kappa shape index (κ1) is 8.92. The first-order chi connectivity index (χ1) is 7.33. The third-order valence-corrected chi connectivity index (χ3v) is 3.60. The van der Waals surface area contributed by atoms with Gasteiger partial charge in [0.2, 0.25) is 0 Å². The van der Waals surface area contributed by atoms with Gasteiger partial charge in [0, 0.05) is 5.38 Å². The van der Waals surface area contributed by atoms with E-state index in [0.717, 1.165) is 11.3 Å². The molecule has 1 aromatic carbocycles. The SMILES string of the molecule is O=c1[nH]c(-c2ccc3c(c2)CCC3)cs1. The molecule has 76 valence electrons. The van der Waals surface area contributed by atoms with Gasteiger partial charge in [-0.25, -0.2) is 0 Å². The minimum absolute atomic E-state index is 0.0190. The van der Waals surface area contributed by atoms with E-state index in [1.54, 1.807) is 0 Å².